The highest BCUT2D eigenvalue weighted by Gasteiger charge is 1.93. The minimum Gasteiger partial charge on any atom is -0.462 e. The van der Waals surface area contributed by atoms with Crippen molar-refractivity contribution in [3.8, 4) is 5.88 Å². The van der Waals surface area contributed by atoms with E-state index < -0.39 is 5.95 Å². The Kier molecular flexibility index (Phi) is 2.17. The second-order valence-corrected chi connectivity index (χ2v) is 1.61. The van der Waals surface area contributed by atoms with Crippen LogP contribution in [0.15, 0.2) is 18.2 Å². The van der Waals surface area contributed by atoms with Crippen LogP contribution in [0.3, 0.4) is 0 Å². The third kappa shape index (κ3) is 1.66. The molecule has 2 N–H and O–H groups in total. The van der Waals surface area contributed by atoms with Gasteiger partial charge >= 0.3 is 0 Å². The SMILES string of the molecule is NCOc1cccc(F)n1. The third-order valence-electron chi connectivity index (χ3n) is 0.921. The third-order valence-corrected chi connectivity index (χ3v) is 0.921. The highest BCUT2D eigenvalue weighted by Crippen LogP contribution is 2.04. The van der Waals surface area contributed by atoms with Crippen molar-refractivity contribution in [3.63, 3.8) is 0 Å². The smallest absolute Gasteiger partial charge is 0.217 e. The molecule has 0 radical (unpaired) electrons. The molecule has 3 nitrogen and oxygen atoms in total. The lowest BCUT2D eigenvalue weighted by atomic mass is 10.5. The number of hydrogen-bond donors (Lipinski definition) is 1. The maximum Gasteiger partial charge on any atom is 0.217 e. The van der Waals surface area contributed by atoms with Gasteiger partial charge in [0.15, 0.2) is 0 Å². The minimum absolute atomic E-state index is 0.0104. The van der Waals surface area contributed by atoms with Gasteiger partial charge in [-0.25, -0.2) is 0 Å². The van der Waals surface area contributed by atoms with Gasteiger partial charge in [-0.3, -0.25) is 5.73 Å². The molecule has 0 aliphatic rings. The van der Waals surface area contributed by atoms with E-state index in [9.17, 15) is 4.39 Å². The molecule has 1 aromatic rings. The first-order valence-electron chi connectivity index (χ1n) is 2.78. The summed E-state index contributed by atoms with van der Waals surface area (Å²) in [5.41, 5.74) is 5.03. The summed E-state index contributed by atoms with van der Waals surface area (Å²) < 4.78 is 17.0. The number of aromatic nitrogens is 1. The molecule has 1 aromatic heterocycles. The second kappa shape index (κ2) is 3.12. The average molecular weight is 142 g/mol. The van der Waals surface area contributed by atoms with E-state index in [1.807, 2.05) is 0 Å². The Balaban J connectivity index is 2.75. The lowest BCUT2D eigenvalue weighted by molar-refractivity contribution is 0.311. The fourth-order valence-corrected chi connectivity index (χ4v) is 0.555. The van der Waals surface area contributed by atoms with E-state index in [4.69, 9.17) is 10.5 Å². The van der Waals surface area contributed by atoms with Crippen LogP contribution in [0.1, 0.15) is 0 Å². The zero-order valence-corrected chi connectivity index (χ0v) is 5.25. The first-order valence-corrected chi connectivity index (χ1v) is 2.78. The van der Waals surface area contributed by atoms with E-state index in [2.05, 4.69) is 4.98 Å². The van der Waals surface area contributed by atoms with Crippen LogP contribution in [0.4, 0.5) is 4.39 Å². The largest absolute Gasteiger partial charge is 0.462 e. The molecule has 0 spiro atoms. The van der Waals surface area contributed by atoms with Crippen molar-refractivity contribution in [2.75, 3.05) is 6.73 Å². The van der Waals surface area contributed by atoms with E-state index in [1.54, 1.807) is 0 Å². The Morgan fingerprint density at radius 3 is 3.00 bits per heavy atom. The quantitative estimate of drug-likeness (QED) is 0.483. The van der Waals surface area contributed by atoms with E-state index >= 15 is 0 Å². The first-order chi connectivity index (χ1) is 4.83. The monoisotopic (exact) mass is 142 g/mol. The lowest BCUT2D eigenvalue weighted by Gasteiger charge is -1.98. The molecule has 0 aliphatic carbocycles. The normalized spacial score (nSPS) is 9.40. The van der Waals surface area contributed by atoms with Gasteiger partial charge in [-0.1, -0.05) is 6.07 Å². The molecule has 0 saturated carbocycles. The van der Waals surface area contributed by atoms with Gasteiger partial charge in [0.25, 0.3) is 0 Å². The molecule has 1 rings (SSSR count). The summed E-state index contributed by atoms with van der Waals surface area (Å²) in [6.07, 6.45) is 0. The van der Waals surface area contributed by atoms with E-state index in [0.717, 1.165) is 0 Å². The van der Waals surface area contributed by atoms with Crippen molar-refractivity contribution >= 4 is 0 Å². The zero-order valence-electron chi connectivity index (χ0n) is 5.25. The van der Waals surface area contributed by atoms with Crippen molar-refractivity contribution in [2.45, 2.75) is 0 Å². The summed E-state index contributed by atoms with van der Waals surface area (Å²) in [6.45, 7) is 0.0104. The van der Waals surface area contributed by atoms with Crippen LogP contribution in [-0.2, 0) is 0 Å². The molecule has 0 saturated heterocycles. The lowest BCUT2D eigenvalue weighted by Crippen LogP contribution is -2.08. The predicted molar refractivity (Wildman–Crippen MR) is 33.9 cm³/mol. The van der Waals surface area contributed by atoms with E-state index in [0.29, 0.717) is 0 Å². The fraction of sp³-hybridized carbons (Fsp3) is 0.167. The fourth-order valence-electron chi connectivity index (χ4n) is 0.555. The Morgan fingerprint density at radius 2 is 2.40 bits per heavy atom. The number of nitrogens with zero attached hydrogens (tertiary/aromatic N) is 1. The van der Waals surface area contributed by atoms with Gasteiger partial charge in [0.1, 0.15) is 6.73 Å². The van der Waals surface area contributed by atoms with Crippen LogP contribution in [0.2, 0.25) is 0 Å². The van der Waals surface area contributed by atoms with Crippen LogP contribution in [0, 0.1) is 5.95 Å². The molecule has 0 atom stereocenters. The first kappa shape index (κ1) is 6.95. The van der Waals surface area contributed by atoms with E-state index in [-0.39, 0.29) is 12.6 Å². The Bertz CT molecular complexity index is 217. The predicted octanol–water partition coefficient (Wildman–Crippen LogP) is 0.516. The van der Waals surface area contributed by atoms with Gasteiger partial charge in [-0.05, 0) is 6.07 Å². The highest BCUT2D eigenvalue weighted by atomic mass is 19.1. The van der Waals surface area contributed by atoms with Crippen molar-refractivity contribution < 1.29 is 9.13 Å². The maximum absolute atomic E-state index is 12.3. The highest BCUT2D eigenvalue weighted by molar-refractivity contribution is 5.09. The van der Waals surface area contributed by atoms with Gasteiger partial charge in [0.2, 0.25) is 11.8 Å². The summed E-state index contributed by atoms with van der Waals surface area (Å²) >= 11 is 0. The van der Waals surface area contributed by atoms with Gasteiger partial charge in [-0.2, -0.15) is 9.37 Å². The molecular weight excluding hydrogens is 135 g/mol. The van der Waals surface area contributed by atoms with Gasteiger partial charge in [0, 0.05) is 6.07 Å². The molecule has 0 fully saturated rings. The van der Waals surface area contributed by atoms with Crippen LogP contribution < -0.4 is 10.5 Å². The Morgan fingerprint density at radius 1 is 1.60 bits per heavy atom. The molecule has 54 valence electrons. The summed E-state index contributed by atoms with van der Waals surface area (Å²) in [7, 11) is 0. The molecule has 0 aromatic carbocycles. The van der Waals surface area contributed by atoms with Crippen molar-refractivity contribution in [1.29, 1.82) is 0 Å². The molecule has 0 bridgehead atoms. The Labute approximate surface area is 57.6 Å². The summed E-state index contributed by atoms with van der Waals surface area (Å²) in [5.74, 6) is -0.353. The van der Waals surface area contributed by atoms with Crippen LogP contribution in [0.5, 0.6) is 5.88 Å². The minimum atomic E-state index is -0.564. The molecule has 0 unspecified atom stereocenters. The number of rotatable bonds is 2. The molecule has 10 heavy (non-hydrogen) atoms. The molecule has 1 heterocycles. The number of hydrogen-bond acceptors (Lipinski definition) is 3. The topological polar surface area (TPSA) is 48.1 Å². The second-order valence-electron chi connectivity index (χ2n) is 1.61. The van der Waals surface area contributed by atoms with Crippen molar-refractivity contribution in [1.82, 2.24) is 4.98 Å². The number of ether oxygens (including phenoxy) is 1. The van der Waals surface area contributed by atoms with E-state index in [1.165, 1.54) is 18.2 Å². The van der Waals surface area contributed by atoms with Gasteiger partial charge < -0.3 is 4.74 Å². The summed E-state index contributed by atoms with van der Waals surface area (Å²) in [5, 5.41) is 0. The standard InChI is InChI=1S/C6H7FN2O/c7-5-2-1-3-6(9-5)10-4-8/h1-3H,4,8H2. The number of halogens is 1. The Hall–Kier alpha value is -1.16. The van der Waals surface area contributed by atoms with Crippen molar-refractivity contribution in [2.24, 2.45) is 5.73 Å². The molecule has 4 heteroatoms. The van der Waals surface area contributed by atoms with Crippen LogP contribution in [0.25, 0.3) is 0 Å². The average Bonchev–Trinajstić information content (AvgIpc) is 1.88. The summed E-state index contributed by atoms with van der Waals surface area (Å²) in [4.78, 5) is 3.39. The molecule has 0 aliphatic heterocycles. The van der Waals surface area contributed by atoms with Crippen LogP contribution >= 0.6 is 0 Å². The van der Waals surface area contributed by atoms with Gasteiger partial charge in [-0.15, -0.1) is 0 Å². The number of nitrogens with two attached hydrogens (primary N) is 1. The van der Waals surface area contributed by atoms with Crippen LogP contribution in [-0.4, -0.2) is 11.7 Å². The molecule has 0 amide bonds. The van der Waals surface area contributed by atoms with Gasteiger partial charge in [0.05, 0.1) is 0 Å². The number of pyridine rings is 1. The molecular formula is C6H7FN2O. The maximum atomic E-state index is 12.3. The van der Waals surface area contributed by atoms with Crippen molar-refractivity contribution in [3.05, 3.63) is 24.1 Å². The summed E-state index contributed by atoms with van der Waals surface area (Å²) in [6, 6.07) is 4.28. The zero-order chi connectivity index (χ0) is 7.40.